The number of likely N-dealkylation sites (tertiary alicyclic amines) is 1. The maximum atomic E-state index is 13.5. The van der Waals surface area contributed by atoms with Crippen molar-refractivity contribution < 1.29 is 38.5 Å². The van der Waals surface area contributed by atoms with Gasteiger partial charge in [0.05, 0.1) is 6.04 Å². The largest absolute Gasteiger partial charge is 0.508 e. The van der Waals surface area contributed by atoms with Crippen molar-refractivity contribution in [1.82, 2.24) is 9.80 Å². The van der Waals surface area contributed by atoms with Crippen LogP contribution in [0, 0.1) is 11.8 Å². The molecule has 0 aliphatic carbocycles. The van der Waals surface area contributed by atoms with Crippen molar-refractivity contribution in [3.63, 3.8) is 0 Å². The van der Waals surface area contributed by atoms with Crippen LogP contribution in [0.5, 0.6) is 11.5 Å². The maximum absolute atomic E-state index is 13.5. The molecule has 3 saturated heterocycles. The van der Waals surface area contributed by atoms with E-state index in [1.807, 2.05) is 65.6 Å². The highest BCUT2D eigenvalue weighted by molar-refractivity contribution is 6.36. The Morgan fingerprint density at radius 2 is 1.43 bits per heavy atom. The van der Waals surface area contributed by atoms with Crippen LogP contribution in [0.1, 0.15) is 47.9 Å². The molecule has 3 amide bonds. The van der Waals surface area contributed by atoms with Gasteiger partial charge in [0.2, 0.25) is 11.8 Å². The van der Waals surface area contributed by atoms with Crippen LogP contribution in [0.25, 0.3) is 0 Å². The number of aromatic hydroxyl groups is 1. The monoisotopic (exact) mass is 868 g/mol. The highest BCUT2D eigenvalue weighted by Crippen LogP contribution is 2.36. The summed E-state index contributed by atoms with van der Waals surface area (Å²) >= 11 is 25.4. The molecule has 3 aliphatic rings. The fourth-order valence-corrected chi connectivity index (χ4v) is 8.79. The highest BCUT2D eigenvalue weighted by Gasteiger charge is 2.41. The number of cyclic esters (lactones) is 1. The lowest BCUT2D eigenvalue weighted by molar-refractivity contribution is -0.135. The molecule has 0 bridgehead atoms. The molecule has 4 aromatic carbocycles. The van der Waals surface area contributed by atoms with Crippen molar-refractivity contribution in [3.05, 3.63) is 127 Å². The summed E-state index contributed by atoms with van der Waals surface area (Å²) in [7, 11) is 0. The van der Waals surface area contributed by atoms with Gasteiger partial charge in [0.25, 0.3) is 0 Å². The van der Waals surface area contributed by atoms with E-state index in [2.05, 4.69) is 0 Å². The Morgan fingerprint density at radius 3 is 2.05 bits per heavy atom. The van der Waals surface area contributed by atoms with Gasteiger partial charge in [-0.05, 0) is 85.0 Å². The number of phenolic OH excluding ortho intramolecular Hbond substituents is 1. The van der Waals surface area contributed by atoms with Crippen LogP contribution in [0.15, 0.2) is 84.9 Å². The van der Waals surface area contributed by atoms with Crippen LogP contribution in [0.4, 0.5) is 4.79 Å². The third-order valence-corrected chi connectivity index (χ3v) is 12.0. The first kappa shape index (κ1) is 43.3. The van der Waals surface area contributed by atoms with Crippen LogP contribution < -0.4 is 4.74 Å². The molecular weight excluding hydrogens is 826 g/mol. The van der Waals surface area contributed by atoms with E-state index in [0.717, 1.165) is 60.6 Å². The lowest BCUT2D eigenvalue weighted by Gasteiger charge is -2.31. The summed E-state index contributed by atoms with van der Waals surface area (Å²) in [5, 5.41) is 11.0. The number of nitrogens with zero attached hydrogens (tertiary/aromatic N) is 2. The minimum atomic E-state index is -0.822. The maximum Gasteiger partial charge on any atom is 0.416 e. The quantitative estimate of drug-likeness (QED) is 0.132. The van der Waals surface area contributed by atoms with Gasteiger partial charge in [0.15, 0.2) is 0 Å². The number of carbonyl (C=O) groups excluding carboxylic acids is 4. The van der Waals surface area contributed by atoms with E-state index in [1.165, 1.54) is 12.1 Å². The van der Waals surface area contributed by atoms with E-state index in [-0.39, 0.29) is 37.0 Å². The fourth-order valence-electron chi connectivity index (χ4n) is 7.54. The first-order chi connectivity index (χ1) is 28.0. The van der Waals surface area contributed by atoms with Crippen LogP contribution in [0.3, 0.4) is 0 Å². The minimum Gasteiger partial charge on any atom is -0.508 e. The minimum absolute atomic E-state index is 0.0420. The summed E-state index contributed by atoms with van der Waals surface area (Å²) in [6.07, 6.45) is 3.60. The van der Waals surface area contributed by atoms with Gasteiger partial charge in [0, 0.05) is 64.1 Å². The molecule has 1 unspecified atom stereocenters. The molecule has 0 saturated carbocycles. The molecule has 3 fully saturated rings. The Morgan fingerprint density at radius 1 is 0.828 bits per heavy atom. The number of aldehydes is 1. The molecule has 1 N–H and O–H groups in total. The van der Waals surface area contributed by atoms with Crippen LogP contribution in [-0.2, 0) is 49.7 Å². The molecule has 306 valence electrons. The summed E-state index contributed by atoms with van der Waals surface area (Å²) < 4.78 is 16.4. The van der Waals surface area contributed by atoms with Crippen LogP contribution in [-0.4, -0.2) is 77.5 Å². The van der Waals surface area contributed by atoms with Crippen molar-refractivity contribution in [2.24, 2.45) is 11.8 Å². The number of carbonyl (C=O) groups is 4. The molecule has 58 heavy (non-hydrogen) atoms. The van der Waals surface area contributed by atoms with Gasteiger partial charge >= 0.3 is 6.09 Å². The zero-order chi connectivity index (χ0) is 41.2. The van der Waals surface area contributed by atoms with Gasteiger partial charge in [-0.15, -0.1) is 0 Å². The lowest BCUT2D eigenvalue weighted by Crippen LogP contribution is -2.44. The molecule has 7 rings (SSSR count). The van der Waals surface area contributed by atoms with Gasteiger partial charge in [-0.3, -0.25) is 9.59 Å². The first-order valence-corrected chi connectivity index (χ1v) is 20.7. The van der Waals surface area contributed by atoms with E-state index in [0.29, 0.717) is 63.2 Å². The molecule has 0 aromatic heterocycles. The summed E-state index contributed by atoms with van der Waals surface area (Å²) in [5.74, 6) is -0.670. The molecule has 3 heterocycles. The predicted molar refractivity (Wildman–Crippen MR) is 223 cm³/mol. The summed E-state index contributed by atoms with van der Waals surface area (Å²) in [5.41, 5.74) is 3.22. The molecule has 0 radical (unpaired) electrons. The van der Waals surface area contributed by atoms with E-state index < -0.39 is 24.0 Å². The van der Waals surface area contributed by atoms with Gasteiger partial charge in [-0.25, -0.2) is 9.69 Å². The molecular formula is C44H44Cl4N2O8. The standard InChI is InChI=1S/C28H25Cl2NO5.C16H19Cl2NO3/c29-25-15-23(35-17-20-9-5-2-6-10-20)16-26(30)24(25)14-21(11-12-32)27(33)31-22(18-36-28(31)34)13-19-7-3-1-4-8-19;17-14-8-12(20)9-15(18)13(14)7-10-1-4-19(16(10)21)11-2-5-22-6-3-11/h1-10,12,15-16,21-22H,11,13-14,17-18H2;8-11,20H,1-7H2/t21?,22-;10-/m10/s1. The predicted octanol–water partition coefficient (Wildman–Crippen LogP) is 9.18. The average Bonchev–Trinajstić information content (AvgIpc) is 3.77. The fraction of sp³-hybridized carbons (Fsp3) is 0.364. The number of imide groups is 1. The van der Waals surface area contributed by atoms with Crippen LogP contribution in [0.2, 0.25) is 20.1 Å². The Kier molecular flexibility index (Phi) is 15.4. The topological polar surface area (TPSA) is 123 Å². The van der Waals surface area contributed by atoms with Crippen molar-refractivity contribution >= 4 is 70.6 Å². The lowest BCUT2D eigenvalue weighted by atomic mass is 9.94. The number of hydrogen-bond donors (Lipinski definition) is 1. The van der Waals surface area contributed by atoms with Gasteiger partial charge in [-0.1, -0.05) is 107 Å². The second-order valence-electron chi connectivity index (χ2n) is 14.5. The molecule has 0 spiro atoms. The van der Waals surface area contributed by atoms with Crippen molar-refractivity contribution in [2.45, 2.75) is 63.6 Å². The number of hydrogen-bond acceptors (Lipinski definition) is 8. The third kappa shape index (κ3) is 11.0. The number of rotatable bonds is 13. The highest BCUT2D eigenvalue weighted by atomic mass is 35.5. The Bertz CT molecular complexity index is 2020. The second kappa shape index (κ2) is 20.6. The van der Waals surface area contributed by atoms with Gasteiger partial charge in [-0.2, -0.15) is 0 Å². The summed E-state index contributed by atoms with van der Waals surface area (Å²) in [6, 6.07) is 25.3. The summed E-state index contributed by atoms with van der Waals surface area (Å²) in [6.45, 7) is 2.70. The molecule has 14 heteroatoms. The molecule has 10 nitrogen and oxygen atoms in total. The smallest absolute Gasteiger partial charge is 0.416 e. The third-order valence-electron chi connectivity index (χ3n) is 10.6. The average molecular weight is 871 g/mol. The molecule has 3 aliphatic heterocycles. The van der Waals surface area contributed by atoms with Crippen molar-refractivity contribution in [2.75, 3.05) is 26.4 Å². The Balaban J connectivity index is 0.000000220. The number of amides is 3. The van der Waals surface area contributed by atoms with Gasteiger partial charge in [0.1, 0.15) is 31.0 Å². The van der Waals surface area contributed by atoms with Crippen molar-refractivity contribution in [3.8, 4) is 11.5 Å². The van der Waals surface area contributed by atoms with Crippen LogP contribution >= 0.6 is 46.4 Å². The zero-order valence-electron chi connectivity index (χ0n) is 31.7. The van der Waals surface area contributed by atoms with Gasteiger partial charge < -0.3 is 29.0 Å². The Hall–Kier alpha value is -4.32. The SMILES string of the molecule is O=C1[C@H](Cc2c(Cl)cc(O)cc2Cl)CCN1C1CCOCC1.O=CCC(Cc1c(Cl)cc(OCc2ccccc2)cc1Cl)C(=O)N1C(=O)OC[C@H]1Cc1ccccc1. The number of ether oxygens (including phenoxy) is 3. The second-order valence-corrected chi connectivity index (χ2v) is 16.2. The van der Waals surface area contributed by atoms with Crippen molar-refractivity contribution in [1.29, 1.82) is 0 Å². The Labute approximate surface area is 357 Å². The molecule has 3 atom stereocenters. The number of halogens is 4. The zero-order valence-corrected chi connectivity index (χ0v) is 34.7. The van der Waals surface area contributed by atoms with E-state index in [4.69, 9.17) is 60.6 Å². The van der Waals surface area contributed by atoms with E-state index in [1.54, 1.807) is 12.1 Å². The number of phenols is 1. The number of benzene rings is 4. The summed E-state index contributed by atoms with van der Waals surface area (Å²) in [4.78, 5) is 53.1. The molecule has 4 aromatic rings. The van der Waals surface area contributed by atoms with E-state index >= 15 is 0 Å². The van der Waals surface area contributed by atoms with E-state index in [9.17, 15) is 24.3 Å². The normalized spacial score (nSPS) is 18.7. The first-order valence-electron chi connectivity index (χ1n) is 19.2.